The van der Waals surface area contributed by atoms with Crippen LogP contribution in [0, 0.1) is 6.92 Å². The van der Waals surface area contributed by atoms with Crippen molar-refractivity contribution in [3.63, 3.8) is 0 Å². The van der Waals surface area contributed by atoms with Crippen LogP contribution in [0.3, 0.4) is 0 Å². The Kier molecular flexibility index (Phi) is 7.73. The van der Waals surface area contributed by atoms with Crippen LogP contribution in [0.4, 0.5) is 5.69 Å². The molecule has 0 unspecified atom stereocenters. The number of anilines is 1. The second-order valence-corrected chi connectivity index (χ2v) is 11.0. The summed E-state index contributed by atoms with van der Waals surface area (Å²) in [7, 11) is 1.80. The van der Waals surface area contributed by atoms with Gasteiger partial charge in [0, 0.05) is 24.2 Å². The number of hydrogen-bond donors (Lipinski definition) is 1. The van der Waals surface area contributed by atoms with Gasteiger partial charge in [0.2, 0.25) is 5.91 Å². The number of ether oxygens (including phenoxy) is 1. The quantitative estimate of drug-likeness (QED) is 0.318. The summed E-state index contributed by atoms with van der Waals surface area (Å²) in [6, 6.07) is 16.8. The highest BCUT2D eigenvalue weighted by Crippen LogP contribution is 2.30. The fraction of sp³-hybridized carbons (Fsp3) is 0.333. The molecule has 0 radical (unpaired) electrons. The third-order valence-corrected chi connectivity index (χ3v) is 8.02. The number of benzene rings is 2. The van der Waals surface area contributed by atoms with Crippen LogP contribution in [0.25, 0.3) is 17.1 Å². The van der Waals surface area contributed by atoms with Crippen molar-refractivity contribution in [1.82, 2.24) is 24.1 Å². The van der Waals surface area contributed by atoms with Gasteiger partial charge in [0.25, 0.3) is 5.56 Å². The Bertz CT molecular complexity index is 1490. The Morgan fingerprint density at radius 1 is 1.18 bits per heavy atom. The van der Waals surface area contributed by atoms with E-state index >= 15 is 0 Å². The Balaban J connectivity index is 1.38. The summed E-state index contributed by atoms with van der Waals surface area (Å²) in [5, 5.41) is 12.4. The topological polar surface area (TPSA) is 96.0 Å². The van der Waals surface area contributed by atoms with Gasteiger partial charge in [0.1, 0.15) is 5.69 Å². The number of nitrogens with zero attached hydrogens (tertiary/aromatic N) is 5. The van der Waals surface area contributed by atoms with E-state index in [1.54, 1.807) is 23.3 Å². The normalized spacial score (nSPS) is 16.1. The van der Waals surface area contributed by atoms with Gasteiger partial charge in [0.05, 0.1) is 29.3 Å². The number of hydrogen-bond acceptors (Lipinski definition) is 6. The zero-order chi connectivity index (χ0) is 26.8. The number of para-hydroxylation sites is 1. The molecule has 9 nitrogen and oxygen atoms in total. The van der Waals surface area contributed by atoms with E-state index in [0.29, 0.717) is 28.2 Å². The summed E-state index contributed by atoms with van der Waals surface area (Å²) < 4.78 is 11.2. The van der Waals surface area contributed by atoms with Gasteiger partial charge >= 0.3 is 0 Å². The van der Waals surface area contributed by atoms with E-state index in [0.717, 1.165) is 30.7 Å². The maximum atomic E-state index is 13.3. The summed E-state index contributed by atoms with van der Waals surface area (Å²) in [6.07, 6.45) is 2.03. The lowest BCUT2D eigenvalue weighted by Gasteiger charge is -2.16. The van der Waals surface area contributed by atoms with Crippen molar-refractivity contribution in [2.75, 3.05) is 11.9 Å². The highest BCUT2D eigenvalue weighted by Gasteiger charge is 2.26. The molecule has 198 valence electrons. The van der Waals surface area contributed by atoms with Gasteiger partial charge in [-0.15, -0.1) is 10.2 Å². The standard InChI is InChI=1S/C27H29ClN6O3S/c1-17-23(26(36)34(32(17)3)21-8-5-4-6-9-21)29-25(35)18(2)38-27-31-30-24(19-11-13-20(28)14-12-19)33(27)16-22-10-7-15-37-22/h4-6,8-9,11-14,18,22H,7,10,15-16H2,1-3H3,(H,29,35)/t18-,22+/m0/s1. The molecule has 1 saturated heterocycles. The Morgan fingerprint density at radius 2 is 1.92 bits per heavy atom. The SMILES string of the molecule is Cc1c(NC(=O)[C@H](C)Sc2nnc(-c3ccc(Cl)cc3)n2C[C@H]2CCCO2)c(=O)n(-c2ccccc2)n1C. The predicted octanol–water partition coefficient (Wildman–Crippen LogP) is 4.69. The Morgan fingerprint density at radius 3 is 2.61 bits per heavy atom. The van der Waals surface area contributed by atoms with Gasteiger partial charge in [-0.3, -0.25) is 18.8 Å². The van der Waals surface area contributed by atoms with E-state index in [1.165, 1.54) is 11.8 Å². The average molecular weight is 553 g/mol. The molecule has 0 saturated carbocycles. The first-order valence-electron chi connectivity index (χ1n) is 12.5. The smallest absolute Gasteiger partial charge is 0.295 e. The fourth-order valence-electron chi connectivity index (χ4n) is 4.49. The van der Waals surface area contributed by atoms with Crippen molar-refractivity contribution >= 4 is 35.0 Å². The molecule has 3 heterocycles. The third kappa shape index (κ3) is 5.29. The van der Waals surface area contributed by atoms with Gasteiger partial charge < -0.3 is 10.1 Å². The lowest BCUT2D eigenvalue weighted by molar-refractivity contribution is -0.115. The van der Waals surface area contributed by atoms with Gasteiger partial charge in [-0.25, -0.2) is 4.68 Å². The Labute approximate surface area is 229 Å². The van der Waals surface area contributed by atoms with Crippen molar-refractivity contribution < 1.29 is 9.53 Å². The molecular formula is C27H29ClN6O3S. The van der Waals surface area contributed by atoms with Crippen LogP contribution in [0.15, 0.2) is 64.5 Å². The van der Waals surface area contributed by atoms with E-state index in [1.807, 2.05) is 66.1 Å². The van der Waals surface area contributed by atoms with E-state index in [-0.39, 0.29) is 23.3 Å². The van der Waals surface area contributed by atoms with Crippen LogP contribution in [0.1, 0.15) is 25.5 Å². The van der Waals surface area contributed by atoms with Crippen molar-refractivity contribution in [2.45, 2.75) is 49.7 Å². The fourth-order valence-corrected chi connectivity index (χ4v) is 5.48. The molecule has 1 aliphatic heterocycles. The van der Waals surface area contributed by atoms with Crippen molar-refractivity contribution in [3.05, 3.63) is 75.7 Å². The number of rotatable bonds is 8. The molecular weight excluding hydrogens is 524 g/mol. The lowest BCUT2D eigenvalue weighted by Crippen LogP contribution is -2.27. The molecule has 1 fully saturated rings. The summed E-state index contributed by atoms with van der Waals surface area (Å²) in [4.78, 5) is 26.5. The van der Waals surface area contributed by atoms with E-state index in [9.17, 15) is 9.59 Å². The second kappa shape index (κ2) is 11.2. The molecule has 2 aromatic heterocycles. The molecule has 2 aromatic carbocycles. The average Bonchev–Trinajstić information content (AvgIpc) is 3.62. The summed E-state index contributed by atoms with van der Waals surface area (Å²) in [6.45, 7) is 4.93. The highest BCUT2D eigenvalue weighted by molar-refractivity contribution is 8.00. The van der Waals surface area contributed by atoms with Crippen molar-refractivity contribution in [1.29, 1.82) is 0 Å². The highest BCUT2D eigenvalue weighted by atomic mass is 35.5. The number of amides is 1. The van der Waals surface area contributed by atoms with Crippen LogP contribution >= 0.6 is 23.4 Å². The number of halogens is 1. The first kappa shape index (κ1) is 26.3. The minimum Gasteiger partial charge on any atom is -0.376 e. The predicted molar refractivity (Wildman–Crippen MR) is 149 cm³/mol. The minimum atomic E-state index is -0.537. The largest absolute Gasteiger partial charge is 0.376 e. The van der Waals surface area contributed by atoms with Gasteiger partial charge in [-0.1, -0.05) is 41.6 Å². The molecule has 0 aliphatic carbocycles. The second-order valence-electron chi connectivity index (χ2n) is 9.24. The number of carbonyl (C=O) groups is 1. The first-order chi connectivity index (χ1) is 18.3. The number of aromatic nitrogens is 5. The third-order valence-electron chi connectivity index (χ3n) is 6.68. The molecule has 1 amide bonds. The van der Waals surface area contributed by atoms with Crippen molar-refractivity contribution in [2.24, 2.45) is 7.05 Å². The van der Waals surface area contributed by atoms with Gasteiger partial charge in [-0.05, 0) is 63.1 Å². The van der Waals surface area contributed by atoms with Crippen LogP contribution in [-0.4, -0.2) is 48.0 Å². The summed E-state index contributed by atoms with van der Waals surface area (Å²) in [5.41, 5.74) is 2.24. The van der Waals surface area contributed by atoms with E-state index in [4.69, 9.17) is 16.3 Å². The first-order valence-corrected chi connectivity index (χ1v) is 13.7. The molecule has 0 spiro atoms. The maximum absolute atomic E-state index is 13.3. The summed E-state index contributed by atoms with van der Waals surface area (Å²) >= 11 is 7.38. The van der Waals surface area contributed by atoms with Crippen LogP contribution < -0.4 is 10.9 Å². The Hall–Kier alpha value is -3.34. The molecule has 11 heteroatoms. The van der Waals surface area contributed by atoms with Crippen LogP contribution in [0.5, 0.6) is 0 Å². The lowest BCUT2D eigenvalue weighted by atomic mass is 10.2. The molecule has 1 aliphatic rings. The summed E-state index contributed by atoms with van der Waals surface area (Å²) in [5.74, 6) is 0.401. The van der Waals surface area contributed by atoms with Gasteiger partial charge in [0.15, 0.2) is 11.0 Å². The molecule has 5 rings (SSSR count). The van der Waals surface area contributed by atoms with E-state index < -0.39 is 5.25 Å². The number of carbonyl (C=O) groups excluding carboxylic acids is 1. The van der Waals surface area contributed by atoms with Crippen LogP contribution in [-0.2, 0) is 23.1 Å². The van der Waals surface area contributed by atoms with Crippen molar-refractivity contribution in [3.8, 4) is 17.1 Å². The maximum Gasteiger partial charge on any atom is 0.295 e. The minimum absolute atomic E-state index is 0.0592. The number of thioether (sulfide) groups is 1. The van der Waals surface area contributed by atoms with Gasteiger partial charge in [-0.2, -0.15) is 0 Å². The zero-order valence-corrected chi connectivity index (χ0v) is 23.0. The monoisotopic (exact) mass is 552 g/mol. The molecule has 2 atom stereocenters. The molecule has 38 heavy (non-hydrogen) atoms. The molecule has 0 bridgehead atoms. The number of nitrogens with one attached hydrogen (secondary N) is 1. The van der Waals surface area contributed by atoms with Crippen LogP contribution in [0.2, 0.25) is 5.02 Å². The zero-order valence-electron chi connectivity index (χ0n) is 21.4. The van der Waals surface area contributed by atoms with E-state index in [2.05, 4.69) is 15.5 Å². The molecule has 1 N–H and O–H groups in total. The molecule has 4 aromatic rings.